The lowest BCUT2D eigenvalue weighted by atomic mass is 10.1. The van der Waals surface area contributed by atoms with Crippen molar-refractivity contribution in [2.45, 2.75) is 26.9 Å². The van der Waals surface area contributed by atoms with Gasteiger partial charge in [-0.25, -0.2) is 4.39 Å². The molecule has 0 aromatic heterocycles. The smallest absolute Gasteiger partial charge is 0.202 e. The third-order valence-corrected chi connectivity index (χ3v) is 3.16. The van der Waals surface area contributed by atoms with Gasteiger partial charge in [-0.15, -0.1) is 0 Å². The van der Waals surface area contributed by atoms with Crippen LogP contribution >= 0.6 is 0 Å². The standard InChI is InChI=1S/C17H17FO2/c1-11-4-7-14(8-5-11)17(19)13(3)20-15-9-6-12(2)16(18)10-15/h4-10,13H,1-3H3. The van der Waals surface area contributed by atoms with E-state index in [4.69, 9.17) is 4.74 Å². The molecule has 104 valence electrons. The first-order chi connectivity index (χ1) is 9.47. The molecule has 0 spiro atoms. The Morgan fingerprint density at radius 2 is 1.75 bits per heavy atom. The molecule has 0 saturated heterocycles. The molecule has 0 amide bonds. The second-order valence-electron chi connectivity index (χ2n) is 4.90. The lowest BCUT2D eigenvalue weighted by Gasteiger charge is -2.14. The van der Waals surface area contributed by atoms with Crippen LogP contribution in [0.4, 0.5) is 4.39 Å². The van der Waals surface area contributed by atoms with Crippen molar-refractivity contribution < 1.29 is 13.9 Å². The highest BCUT2D eigenvalue weighted by molar-refractivity contribution is 5.99. The molecule has 2 rings (SSSR count). The number of Topliss-reactive ketones (excluding diaryl/α,β-unsaturated/α-hetero) is 1. The fourth-order valence-electron chi connectivity index (χ4n) is 1.86. The number of halogens is 1. The van der Waals surface area contributed by atoms with Gasteiger partial charge < -0.3 is 4.74 Å². The molecule has 0 aliphatic heterocycles. The SMILES string of the molecule is Cc1ccc(C(=O)C(C)Oc2ccc(C)c(F)c2)cc1. The van der Waals surface area contributed by atoms with Gasteiger partial charge in [0.05, 0.1) is 0 Å². The van der Waals surface area contributed by atoms with Crippen molar-refractivity contribution in [1.82, 2.24) is 0 Å². The molecule has 20 heavy (non-hydrogen) atoms. The maximum absolute atomic E-state index is 13.4. The van der Waals surface area contributed by atoms with Gasteiger partial charge in [-0.3, -0.25) is 4.79 Å². The number of carbonyl (C=O) groups excluding carboxylic acids is 1. The highest BCUT2D eigenvalue weighted by Crippen LogP contribution is 2.18. The molecule has 2 aromatic carbocycles. The lowest BCUT2D eigenvalue weighted by molar-refractivity contribution is 0.0817. The van der Waals surface area contributed by atoms with Gasteiger partial charge in [0.1, 0.15) is 11.6 Å². The Balaban J connectivity index is 2.11. The van der Waals surface area contributed by atoms with Crippen LogP contribution in [-0.4, -0.2) is 11.9 Å². The van der Waals surface area contributed by atoms with E-state index in [1.165, 1.54) is 6.07 Å². The van der Waals surface area contributed by atoms with E-state index in [0.717, 1.165) is 5.56 Å². The predicted molar refractivity (Wildman–Crippen MR) is 76.7 cm³/mol. The first kappa shape index (κ1) is 14.3. The van der Waals surface area contributed by atoms with E-state index in [1.54, 1.807) is 38.1 Å². The number of rotatable bonds is 4. The quantitative estimate of drug-likeness (QED) is 0.783. The summed E-state index contributed by atoms with van der Waals surface area (Å²) in [5.41, 5.74) is 2.24. The van der Waals surface area contributed by atoms with Gasteiger partial charge in [0, 0.05) is 11.6 Å². The second kappa shape index (κ2) is 5.87. The molecular weight excluding hydrogens is 255 g/mol. The molecule has 0 N–H and O–H groups in total. The Morgan fingerprint density at radius 3 is 2.35 bits per heavy atom. The van der Waals surface area contributed by atoms with Gasteiger partial charge in [0.15, 0.2) is 6.10 Å². The largest absolute Gasteiger partial charge is 0.482 e. The Morgan fingerprint density at radius 1 is 1.10 bits per heavy atom. The average Bonchev–Trinajstić information content (AvgIpc) is 2.43. The zero-order valence-corrected chi connectivity index (χ0v) is 11.8. The zero-order valence-electron chi connectivity index (χ0n) is 11.8. The minimum absolute atomic E-state index is 0.119. The van der Waals surface area contributed by atoms with Crippen molar-refractivity contribution in [1.29, 1.82) is 0 Å². The minimum atomic E-state index is -0.653. The van der Waals surface area contributed by atoms with Crippen molar-refractivity contribution in [3.8, 4) is 5.75 Å². The van der Waals surface area contributed by atoms with Gasteiger partial charge in [0.25, 0.3) is 0 Å². The summed E-state index contributed by atoms with van der Waals surface area (Å²) < 4.78 is 18.9. The van der Waals surface area contributed by atoms with E-state index in [2.05, 4.69) is 0 Å². The van der Waals surface area contributed by atoms with Gasteiger partial charge in [-0.05, 0) is 32.4 Å². The monoisotopic (exact) mass is 272 g/mol. The summed E-state index contributed by atoms with van der Waals surface area (Å²) in [5, 5.41) is 0. The molecule has 0 aliphatic carbocycles. The molecule has 0 radical (unpaired) electrons. The summed E-state index contributed by atoms with van der Waals surface area (Å²) in [6.07, 6.45) is -0.653. The van der Waals surface area contributed by atoms with Crippen LogP contribution in [0, 0.1) is 19.7 Å². The number of carbonyl (C=O) groups is 1. The van der Waals surface area contributed by atoms with E-state index in [0.29, 0.717) is 16.9 Å². The third kappa shape index (κ3) is 3.23. The number of aryl methyl sites for hydroxylation is 2. The van der Waals surface area contributed by atoms with Crippen molar-refractivity contribution >= 4 is 5.78 Å². The molecular formula is C17H17FO2. The topological polar surface area (TPSA) is 26.3 Å². The summed E-state index contributed by atoms with van der Waals surface area (Å²) in [5.74, 6) is -0.0930. The number of hydrogen-bond donors (Lipinski definition) is 0. The molecule has 0 saturated carbocycles. The maximum Gasteiger partial charge on any atom is 0.202 e. The molecule has 2 nitrogen and oxygen atoms in total. The summed E-state index contributed by atoms with van der Waals surface area (Å²) in [7, 11) is 0. The van der Waals surface area contributed by atoms with E-state index >= 15 is 0 Å². The maximum atomic E-state index is 13.4. The first-order valence-electron chi connectivity index (χ1n) is 6.51. The van der Waals surface area contributed by atoms with Gasteiger partial charge >= 0.3 is 0 Å². The van der Waals surface area contributed by atoms with Crippen molar-refractivity contribution in [3.05, 3.63) is 65.0 Å². The molecule has 0 aliphatic rings. The van der Waals surface area contributed by atoms with E-state index in [9.17, 15) is 9.18 Å². The minimum Gasteiger partial charge on any atom is -0.482 e. The van der Waals surface area contributed by atoms with Crippen LogP contribution in [0.25, 0.3) is 0 Å². The van der Waals surface area contributed by atoms with Gasteiger partial charge in [-0.1, -0.05) is 35.9 Å². The highest BCUT2D eigenvalue weighted by Gasteiger charge is 2.17. The Bertz CT molecular complexity index is 617. The second-order valence-corrected chi connectivity index (χ2v) is 4.90. The van der Waals surface area contributed by atoms with E-state index in [-0.39, 0.29) is 11.6 Å². The zero-order chi connectivity index (χ0) is 14.7. The Labute approximate surface area is 118 Å². The van der Waals surface area contributed by atoms with Gasteiger partial charge in [0.2, 0.25) is 5.78 Å². The molecule has 0 fully saturated rings. The fraction of sp³-hybridized carbons (Fsp3) is 0.235. The van der Waals surface area contributed by atoms with Crippen molar-refractivity contribution in [2.24, 2.45) is 0 Å². The fourth-order valence-corrected chi connectivity index (χ4v) is 1.86. The highest BCUT2D eigenvalue weighted by atomic mass is 19.1. The molecule has 2 aromatic rings. The molecule has 3 heteroatoms. The number of benzene rings is 2. The summed E-state index contributed by atoms with van der Waals surface area (Å²) in [6, 6.07) is 11.9. The number of ether oxygens (including phenoxy) is 1. The summed E-state index contributed by atoms with van der Waals surface area (Å²) in [6.45, 7) is 5.31. The van der Waals surface area contributed by atoms with Crippen LogP contribution in [-0.2, 0) is 0 Å². The van der Waals surface area contributed by atoms with Crippen molar-refractivity contribution in [3.63, 3.8) is 0 Å². The molecule has 1 unspecified atom stereocenters. The molecule has 1 atom stereocenters. The summed E-state index contributed by atoms with van der Waals surface area (Å²) >= 11 is 0. The van der Waals surface area contributed by atoms with Crippen LogP contribution in [0.5, 0.6) is 5.75 Å². The van der Waals surface area contributed by atoms with Crippen LogP contribution in [0.1, 0.15) is 28.4 Å². The van der Waals surface area contributed by atoms with Crippen LogP contribution in [0.2, 0.25) is 0 Å². The Kier molecular flexibility index (Phi) is 4.18. The molecule has 0 bridgehead atoms. The van der Waals surface area contributed by atoms with Gasteiger partial charge in [-0.2, -0.15) is 0 Å². The van der Waals surface area contributed by atoms with Crippen LogP contribution in [0.15, 0.2) is 42.5 Å². The van der Waals surface area contributed by atoms with E-state index < -0.39 is 6.10 Å². The van der Waals surface area contributed by atoms with Crippen LogP contribution in [0.3, 0.4) is 0 Å². The average molecular weight is 272 g/mol. The third-order valence-electron chi connectivity index (χ3n) is 3.16. The predicted octanol–water partition coefficient (Wildman–Crippen LogP) is 4.09. The van der Waals surface area contributed by atoms with Crippen molar-refractivity contribution in [2.75, 3.05) is 0 Å². The number of hydrogen-bond acceptors (Lipinski definition) is 2. The number of ketones is 1. The Hall–Kier alpha value is -2.16. The first-order valence-corrected chi connectivity index (χ1v) is 6.51. The normalized spacial score (nSPS) is 12.0. The van der Waals surface area contributed by atoms with Crippen LogP contribution < -0.4 is 4.74 Å². The molecule has 0 heterocycles. The van der Waals surface area contributed by atoms with E-state index in [1.807, 2.05) is 19.1 Å². The summed E-state index contributed by atoms with van der Waals surface area (Å²) in [4.78, 5) is 12.2. The lowest BCUT2D eigenvalue weighted by Crippen LogP contribution is -2.23.